The standard InChI is InChI=1S/C16H17N3O3/c1-11(2)10-22-16(21)12-3-5-13(6-4-12)19-15(20)14-9-17-7-8-18-14/h3-9,11H,10H2,1-2H3,(H,19,20). The van der Waals surface area contributed by atoms with Gasteiger partial charge in [-0.05, 0) is 30.2 Å². The van der Waals surface area contributed by atoms with E-state index in [1.165, 1.54) is 18.6 Å². The third-order valence-corrected chi connectivity index (χ3v) is 2.72. The Labute approximate surface area is 128 Å². The van der Waals surface area contributed by atoms with Gasteiger partial charge in [-0.1, -0.05) is 13.8 Å². The first-order chi connectivity index (χ1) is 10.6. The van der Waals surface area contributed by atoms with Crippen LogP contribution in [0.25, 0.3) is 0 Å². The molecule has 1 N–H and O–H groups in total. The van der Waals surface area contributed by atoms with Crippen molar-refractivity contribution in [2.45, 2.75) is 13.8 Å². The average molecular weight is 299 g/mol. The van der Waals surface area contributed by atoms with Gasteiger partial charge < -0.3 is 10.1 Å². The van der Waals surface area contributed by atoms with Gasteiger partial charge in [0.2, 0.25) is 0 Å². The van der Waals surface area contributed by atoms with Crippen LogP contribution in [0.15, 0.2) is 42.9 Å². The highest BCUT2D eigenvalue weighted by Crippen LogP contribution is 2.12. The Hall–Kier alpha value is -2.76. The Balaban J connectivity index is 1.97. The molecule has 0 aliphatic heterocycles. The zero-order valence-corrected chi connectivity index (χ0v) is 12.4. The zero-order valence-electron chi connectivity index (χ0n) is 12.4. The molecule has 0 atom stereocenters. The normalized spacial score (nSPS) is 10.3. The molecule has 2 aromatic rings. The van der Waals surface area contributed by atoms with Crippen molar-refractivity contribution in [1.82, 2.24) is 9.97 Å². The summed E-state index contributed by atoms with van der Waals surface area (Å²) in [6, 6.07) is 6.49. The number of nitrogens with zero attached hydrogens (tertiary/aromatic N) is 2. The van der Waals surface area contributed by atoms with Gasteiger partial charge in [0.25, 0.3) is 5.91 Å². The molecule has 0 bridgehead atoms. The number of nitrogens with one attached hydrogen (secondary N) is 1. The van der Waals surface area contributed by atoms with Gasteiger partial charge in [-0.3, -0.25) is 9.78 Å². The maximum absolute atomic E-state index is 11.9. The third-order valence-electron chi connectivity index (χ3n) is 2.72. The van der Waals surface area contributed by atoms with E-state index in [1.807, 2.05) is 13.8 Å². The van der Waals surface area contributed by atoms with Gasteiger partial charge in [0.05, 0.1) is 18.4 Å². The van der Waals surface area contributed by atoms with E-state index in [9.17, 15) is 9.59 Å². The van der Waals surface area contributed by atoms with Gasteiger partial charge in [-0.2, -0.15) is 0 Å². The first-order valence-electron chi connectivity index (χ1n) is 6.91. The molecule has 0 aliphatic rings. The second kappa shape index (κ2) is 7.31. The van der Waals surface area contributed by atoms with E-state index < -0.39 is 0 Å². The number of aromatic nitrogens is 2. The number of esters is 1. The first-order valence-corrected chi connectivity index (χ1v) is 6.91. The van der Waals surface area contributed by atoms with E-state index in [0.717, 1.165) is 0 Å². The predicted octanol–water partition coefficient (Wildman–Crippen LogP) is 2.54. The maximum Gasteiger partial charge on any atom is 0.338 e. The molecular formula is C16H17N3O3. The summed E-state index contributed by atoms with van der Waals surface area (Å²) in [5.41, 5.74) is 1.23. The molecular weight excluding hydrogens is 282 g/mol. The van der Waals surface area contributed by atoms with Gasteiger partial charge in [0.15, 0.2) is 0 Å². The Morgan fingerprint density at radius 3 is 2.50 bits per heavy atom. The summed E-state index contributed by atoms with van der Waals surface area (Å²) >= 11 is 0. The van der Waals surface area contributed by atoms with E-state index in [1.54, 1.807) is 24.3 Å². The van der Waals surface area contributed by atoms with Crippen molar-refractivity contribution in [3.05, 3.63) is 54.1 Å². The summed E-state index contributed by atoms with van der Waals surface area (Å²) in [4.78, 5) is 31.4. The van der Waals surface area contributed by atoms with Crippen LogP contribution in [0.4, 0.5) is 5.69 Å². The molecule has 1 heterocycles. The lowest BCUT2D eigenvalue weighted by Crippen LogP contribution is -2.14. The zero-order chi connectivity index (χ0) is 15.9. The Morgan fingerprint density at radius 2 is 1.91 bits per heavy atom. The molecule has 1 amide bonds. The maximum atomic E-state index is 11.9. The van der Waals surface area contributed by atoms with Gasteiger partial charge in [-0.25, -0.2) is 9.78 Å². The Kier molecular flexibility index (Phi) is 5.19. The van der Waals surface area contributed by atoms with Crippen molar-refractivity contribution in [2.75, 3.05) is 11.9 Å². The molecule has 0 fully saturated rings. The lowest BCUT2D eigenvalue weighted by molar-refractivity contribution is 0.0459. The lowest BCUT2D eigenvalue weighted by Gasteiger charge is -2.08. The summed E-state index contributed by atoms with van der Waals surface area (Å²) in [6.45, 7) is 4.32. The molecule has 0 radical (unpaired) electrons. The highest BCUT2D eigenvalue weighted by Gasteiger charge is 2.10. The number of ether oxygens (including phenoxy) is 1. The van der Waals surface area contributed by atoms with Crippen molar-refractivity contribution in [3.8, 4) is 0 Å². The molecule has 22 heavy (non-hydrogen) atoms. The number of carbonyl (C=O) groups is 2. The Bertz CT molecular complexity index is 639. The van der Waals surface area contributed by atoms with E-state index in [4.69, 9.17) is 4.74 Å². The lowest BCUT2D eigenvalue weighted by atomic mass is 10.2. The van der Waals surface area contributed by atoms with Crippen molar-refractivity contribution in [3.63, 3.8) is 0 Å². The third kappa shape index (κ3) is 4.37. The molecule has 6 heteroatoms. The molecule has 0 saturated heterocycles. The van der Waals surface area contributed by atoms with Crippen LogP contribution in [0.1, 0.15) is 34.7 Å². The summed E-state index contributed by atoms with van der Waals surface area (Å²) in [6.07, 6.45) is 4.32. The quantitative estimate of drug-likeness (QED) is 0.858. The molecule has 0 saturated carbocycles. The van der Waals surface area contributed by atoms with Crippen LogP contribution >= 0.6 is 0 Å². The smallest absolute Gasteiger partial charge is 0.338 e. The highest BCUT2D eigenvalue weighted by atomic mass is 16.5. The minimum absolute atomic E-state index is 0.225. The van der Waals surface area contributed by atoms with Gasteiger partial charge in [-0.15, -0.1) is 0 Å². The molecule has 0 spiro atoms. The molecule has 0 aliphatic carbocycles. The van der Waals surface area contributed by atoms with Crippen LogP contribution in [-0.4, -0.2) is 28.5 Å². The number of amides is 1. The minimum Gasteiger partial charge on any atom is -0.462 e. The number of carbonyl (C=O) groups excluding carboxylic acids is 2. The van der Waals surface area contributed by atoms with Gasteiger partial charge >= 0.3 is 5.97 Å². The highest BCUT2D eigenvalue weighted by molar-refractivity contribution is 6.02. The summed E-state index contributed by atoms with van der Waals surface area (Å²) < 4.78 is 5.14. The largest absolute Gasteiger partial charge is 0.462 e. The van der Waals surface area contributed by atoms with Gasteiger partial charge in [0, 0.05) is 18.1 Å². The van der Waals surface area contributed by atoms with E-state index in [-0.39, 0.29) is 23.5 Å². The van der Waals surface area contributed by atoms with Gasteiger partial charge in [0.1, 0.15) is 5.69 Å². The predicted molar refractivity (Wildman–Crippen MR) is 81.5 cm³/mol. The number of rotatable bonds is 5. The molecule has 114 valence electrons. The fraction of sp³-hybridized carbons (Fsp3) is 0.250. The molecule has 6 nitrogen and oxygen atoms in total. The fourth-order valence-electron chi connectivity index (χ4n) is 1.63. The molecule has 2 rings (SSSR count). The van der Waals surface area contributed by atoms with Crippen LogP contribution in [0, 0.1) is 5.92 Å². The van der Waals surface area contributed by atoms with Crippen LogP contribution in [0.2, 0.25) is 0 Å². The van der Waals surface area contributed by atoms with Crippen molar-refractivity contribution in [2.24, 2.45) is 5.92 Å². The topological polar surface area (TPSA) is 81.2 Å². The van der Waals surface area contributed by atoms with Crippen LogP contribution in [0.5, 0.6) is 0 Å². The van der Waals surface area contributed by atoms with Crippen LogP contribution in [-0.2, 0) is 4.74 Å². The molecule has 0 unspecified atom stereocenters. The number of anilines is 1. The van der Waals surface area contributed by atoms with E-state index in [2.05, 4.69) is 15.3 Å². The first kappa shape index (κ1) is 15.6. The second-order valence-corrected chi connectivity index (χ2v) is 5.11. The SMILES string of the molecule is CC(C)COC(=O)c1ccc(NC(=O)c2cnccn2)cc1. The Morgan fingerprint density at radius 1 is 1.18 bits per heavy atom. The second-order valence-electron chi connectivity index (χ2n) is 5.11. The average Bonchev–Trinajstić information content (AvgIpc) is 2.54. The van der Waals surface area contributed by atoms with E-state index >= 15 is 0 Å². The van der Waals surface area contributed by atoms with Crippen molar-refractivity contribution < 1.29 is 14.3 Å². The number of hydrogen-bond donors (Lipinski definition) is 1. The van der Waals surface area contributed by atoms with Crippen LogP contribution < -0.4 is 5.32 Å². The van der Waals surface area contributed by atoms with E-state index in [0.29, 0.717) is 17.9 Å². The minimum atomic E-state index is -0.375. The number of benzene rings is 1. The monoisotopic (exact) mass is 299 g/mol. The van der Waals surface area contributed by atoms with Crippen molar-refractivity contribution in [1.29, 1.82) is 0 Å². The van der Waals surface area contributed by atoms with Crippen LogP contribution in [0.3, 0.4) is 0 Å². The molecule has 1 aromatic carbocycles. The summed E-state index contributed by atoms with van der Waals surface area (Å²) in [5, 5.41) is 2.68. The fourth-order valence-corrected chi connectivity index (χ4v) is 1.63. The summed E-state index contributed by atoms with van der Waals surface area (Å²) in [5.74, 6) is -0.446. The van der Waals surface area contributed by atoms with Crippen molar-refractivity contribution >= 4 is 17.6 Å². The summed E-state index contributed by atoms with van der Waals surface area (Å²) in [7, 11) is 0. The number of hydrogen-bond acceptors (Lipinski definition) is 5. The molecule has 1 aromatic heterocycles.